The smallest absolute Gasteiger partial charge is 0.280 e. The molecule has 11 heteroatoms. The van der Waals surface area contributed by atoms with Crippen molar-refractivity contribution >= 4 is 48.8 Å². The van der Waals surface area contributed by atoms with E-state index in [1.807, 2.05) is 48.5 Å². The first kappa shape index (κ1) is 28.5. The molecule has 1 aliphatic rings. The van der Waals surface area contributed by atoms with Gasteiger partial charge in [-0.15, -0.1) is 0 Å². The first-order chi connectivity index (χ1) is 20.9. The summed E-state index contributed by atoms with van der Waals surface area (Å²) in [6.45, 7) is 0.714. The minimum absolute atomic E-state index is 0.129. The van der Waals surface area contributed by atoms with Crippen LogP contribution in [0.5, 0.6) is 11.5 Å². The summed E-state index contributed by atoms with van der Waals surface area (Å²) in [6, 6.07) is 26.6. The van der Waals surface area contributed by atoms with Crippen molar-refractivity contribution in [2.75, 3.05) is 25.8 Å². The number of rotatable bonds is 8. The maximum absolute atomic E-state index is 13.8. The van der Waals surface area contributed by atoms with E-state index in [-0.39, 0.29) is 10.5 Å². The normalized spacial score (nSPS) is 13.6. The summed E-state index contributed by atoms with van der Waals surface area (Å²) in [5, 5.41) is 6.10. The Morgan fingerprint density at radius 1 is 0.930 bits per heavy atom. The van der Waals surface area contributed by atoms with Crippen molar-refractivity contribution in [3.63, 3.8) is 0 Å². The van der Waals surface area contributed by atoms with Gasteiger partial charge in [0.15, 0.2) is 0 Å². The molecule has 0 N–H and O–H groups in total. The van der Waals surface area contributed by atoms with Gasteiger partial charge in [0.1, 0.15) is 11.5 Å². The average molecular weight is 613 g/mol. The van der Waals surface area contributed by atoms with Gasteiger partial charge in [-0.2, -0.15) is 14.4 Å². The van der Waals surface area contributed by atoms with E-state index < -0.39 is 15.9 Å². The lowest BCUT2D eigenvalue weighted by Gasteiger charge is -2.28. The number of methoxy groups -OCH3 is 2. The third kappa shape index (κ3) is 5.87. The number of hydrogen-bond acceptors (Lipinski definition) is 8. The molecule has 0 radical (unpaired) electrons. The monoisotopic (exact) mass is 612 g/mol. The Bertz CT molecular complexity index is 1920. The van der Waals surface area contributed by atoms with Crippen LogP contribution in [0.3, 0.4) is 0 Å². The zero-order chi connectivity index (χ0) is 30.0. The van der Waals surface area contributed by atoms with Gasteiger partial charge in [-0.05, 0) is 89.8 Å². The largest absolute Gasteiger partial charge is 0.497 e. The van der Waals surface area contributed by atoms with E-state index in [2.05, 4.69) is 10.1 Å². The van der Waals surface area contributed by atoms with Crippen molar-refractivity contribution in [1.82, 2.24) is 9.29 Å². The number of aromatic nitrogens is 1. The Hall–Kier alpha value is -4.58. The summed E-state index contributed by atoms with van der Waals surface area (Å²) in [7, 11) is -0.569. The fourth-order valence-corrected chi connectivity index (χ4v) is 7.20. The quantitative estimate of drug-likeness (QED) is 0.164. The highest BCUT2D eigenvalue weighted by atomic mass is 32.2. The minimum atomic E-state index is -3.75. The summed E-state index contributed by atoms with van der Waals surface area (Å²) in [4.78, 5) is 18.6. The van der Waals surface area contributed by atoms with E-state index in [1.165, 1.54) is 50.5 Å². The van der Waals surface area contributed by atoms with Gasteiger partial charge in [0.25, 0.3) is 5.91 Å². The predicted octanol–water partition coefficient (Wildman–Crippen LogP) is 5.74. The molecule has 1 amide bonds. The minimum Gasteiger partial charge on any atom is -0.497 e. The van der Waals surface area contributed by atoms with Gasteiger partial charge in [0.2, 0.25) is 15.2 Å². The highest BCUT2D eigenvalue weighted by Crippen LogP contribution is 2.33. The number of sulfonamides is 1. The molecule has 0 atom stereocenters. The fraction of sp³-hybridized carbons (Fsp3) is 0.156. The van der Waals surface area contributed by atoms with Crippen LogP contribution in [-0.2, 0) is 23.0 Å². The molecule has 0 spiro atoms. The fourth-order valence-electron chi connectivity index (χ4n) is 4.83. The van der Waals surface area contributed by atoms with Gasteiger partial charge in [-0.25, -0.2) is 13.4 Å². The van der Waals surface area contributed by atoms with E-state index in [1.54, 1.807) is 38.6 Å². The number of benzene rings is 4. The standard InChI is InChI=1S/C32H28N4O5S2/c1-40-26-11-7-22(8-12-26)20-33-36(32-34-29-16-13-27(41-2)19-30(29)42-32)31(37)24-9-14-28(15-10-24)43(38,39)35-18-17-23-5-3-4-6-25(23)21-35/h3-16,19-20H,17-18,21H2,1-2H3/b33-20+. The molecule has 9 nitrogen and oxygen atoms in total. The van der Waals surface area contributed by atoms with Crippen molar-refractivity contribution in [1.29, 1.82) is 0 Å². The molecule has 0 bridgehead atoms. The first-order valence-corrected chi connectivity index (χ1v) is 15.8. The Balaban J connectivity index is 1.30. The number of nitrogens with zero attached hydrogens (tertiary/aromatic N) is 4. The topological polar surface area (TPSA) is 101 Å². The summed E-state index contributed by atoms with van der Waals surface area (Å²) in [5.41, 5.74) is 3.89. The number of anilines is 1. The number of ether oxygens (including phenoxy) is 2. The number of carbonyl (C=O) groups is 1. The third-order valence-electron chi connectivity index (χ3n) is 7.23. The molecule has 1 aliphatic heterocycles. The second-order valence-corrected chi connectivity index (χ2v) is 12.8. The number of hydrogen-bond donors (Lipinski definition) is 0. The maximum Gasteiger partial charge on any atom is 0.280 e. The van der Waals surface area contributed by atoms with Crippen LogP contribution in [0, 0.1) is 0 Å². The maximum atomic E-state index is 13.8. The van der Waals surface area contributed by atoms with E-state index in [0.717, 1.165) is 15.8 Å². The number of fused-ring (bicyclic) bond motifs is 2. The molecule has 1 aromatic heterocycles. The molecular formula is C32H28N4O5S2. The summed E-state index contributed by atoms with van der Waals surface area (Å²) < 4.78 is 39.8. The molecule has 0 saturated heterocycles. The lowest BCUT2D eigenvalue weighted by molar-refractivity contribution is 0.0987. The molecule has 0 saturated carbocycles. The highest BCUT2D eigenvalue weighted by Gasteiger charge is 2.29. The zero-order valence-electron chi connectivity index (χ0n) is 23.5. The van der Waals surface area contributed by atoms with Crippen molar-refractivity contribution < 1.29 is 22.7 Å². The second-order valence-electron chi connectivity index (χ2n) is 9.85. The molecule has 5 aromatic rings. The molecule has 6 rings (SSSR count). The number of thiazole rings is 1. The van der Waals surface area contributed by atoms with Crippen LogP contribution in [-0.4, -0.2) is 50.6 Å². The Morgan fingerprint density at radius 3 is 2.35 bits per heavy atom. The lowest BCUT2D eigenvalue weighted by Crippen LogP contribution is -2.36. The Labute approximate surface area is 253 Å². The van der Waals surface area contributed by atoms with Crippen LogP contribution in [0.25, 0.3) is 10.2 Å². The van der Waals surface area contributed by atoms with Gasteiger partial charge in [0.05, 0.1) is 35.5 Å². The zero-order valence-corrected chi connectivity index (χ0v) is 25.1. The third-order valence-corrected chi connectivity index (χ3v) is 10.1. The number of amides is 1. The van der Waals surface area contributed by atoms with Gasteiger partial charge in [-0.3, -0.25) is 4.79 Å². The van der Waals surface area contributed by atoms with Crippen LogP contribution in [0.2, 0.25) is 0 Å². The average Bonchev–Trinajstić information content (AvgIpc) is 3.48. The Kier molecular flexibility index (Phi) is 7.94. The molecule has 4 aromatic carbocycles. The molecule has 0 aliphatic carbocycles. The molecule has 2 heterocycles. The van der Waals surface area contributed by atoms with Crippen LogP contribution in [0.15, 0.2) is 101 Å². The Morgan fingerprint density at radius 2 is 1.63 bits per heavy atom. The highest BCUT2D eigenvalue weighted by molar-refractivity contribution is 7.89. The predicted molar refractivity (Wildman–Crippen MR) is 168 cm³/mol. The second kappa shape index (κ2) is 12.0. The molecular weight excluding hydrogens is 585 g/mol. The van der Waals surface area contributed by atoms with Gasteiger partial charge < -0.3 is 9.47 Å². The van der Waals surface area contributed by atoms with Crippen molar-refractivity contribution in [2.45, 2.75) is 17.9 Å². The van der Waals surface area contributed by atoms with E-state index >= 15 is 0 Å². The lowest BCUT2D eigenvalue weighted by atomic mass is 10.0. The number of carbonyl (C=O) groups excluding carboxylic acids is 1. The van der Waals surface area contributed by atoms with Crippen LogP contribution >= 0.6 is 11.3 Å². The van der Waals surface area contributed by atoms with Crippen LogP contribution < -0.4 is 14.5 Å². The van der Waals surface area contributed by atoms with Crippen molar-refractivity contribution in [3.05, 3.63) is 113 Å². The molecule has 218 valence electrons. The number of hydrazone groups is 1. The molecule has 0 unspecified atom stereocenters. The van der Waals surface area contributed by atoms with E-state index in [4.69, 9.17) is 9.47 Å². The van der Waals surface area contributed by atoms with Gasteiger partial charge >= 0.3 is 0 Å². The van der Waals surface area contributed by atoms with Crippen molar-refractivity contribution in [2.24, 2.45) is 5.10 Å². The summed E-state index contributed by atoms with van der Waals surface area (Å²) >= 11 is 1.30. The van der Waals surface area contributed by atoms with Crippen LogP contribution in [0.1, 0.15) is 27.0 Å². The van der Waals surface area contributed by atoms with E-state index in [0.29, 0.717) is 41.7 Å². The molecule has 0 fully saturated rings. The van der Waals surface area contributed by atoms with Crippen molar-refractivity contribution in [3.8, 4) is 11.5 Å². The molecule has 43 heavy (non-hydrogen) atoms. The van der Waals surface area contributed by atoms with Gasteiger partial charge in [0, 0.05) is 18.7 Å². The summed E-state index contributed by atoms with van der Waals surface area (Å²) in [6.07, 6.45) is 2.22. The van der Waals surface area contributed by atoms with Gasteiger partial charge in [-0.1, -0.05) is 35.6 Å². The SMILES string of the molecule is COc1ccc(/C=N/N(C(=O)c2ccc(S(=O)(=O)N3CCc4ccccc4C3)cc2)c2nc3ccc(OC)cc3s2)cc1. The van der Waals surface area contributed by atoms with Crippen LogP contribution in [0.4, 0.5) is 5.13 Å². The summed E-state index contributed by atoms with van der Waals surface area (Å²) in [5.74, 6) is 0.928. The first-order valence-electron chi connectivity index (χ1n) is 13.5. The van der Waals surface area contributed by atoms with E-state index in [9.17, 15) is 13.2 Å².